The number of fused-ring (bicyclic) bond motifs is 1. The maximum absolute atomic E-state index is 12.6. The molecule has 8 nitrogen and oxygen atoms in total. The highest BCUT2D eigenvalue weighted by atomic mass is 16.7. The Hall–Kier alpha value is -3.26. The molecule has 0 aliphatic carbocycles. The number of anilines is 1. The third kappa shape index (κ3) is 5.42. The first-order valence-electron chi connectivity index (χ1n) is 9.84. The van der Waals surface area contributed by atoms with Crippen LogP contribution in [0.25, 0.3) is 0 Å². The lowest BCUT2D eigenvalue weighted by atomic mass is 10.2. The smallest absolute Gasteiger partial charge is 0.238 e. The molecular weight excluding hydrogens is 386 g/mol. The molecule has 2 amide bonds. The van der Waals surface area contributed by atoms with Gasteiger partial charge in [0.1, 0.15) is 5.75 Å². The Labute approximate surface area is 176 Å². The first kappa shape index (κ1) is 21.4. The number of nitrogens with zero attached hydrogens (tertiary/aromatic N) is 1. The van der Waals surface area contributed by atoms with E-state index in [9.17, 15) is 9.59 Å². The number of hydrogen-bond acceptors (Lipinski definition) is 6. The van der Waals surface area contributed by atoms with Crippen LogP contribution in [0.15, 0.2) is 42.5 Å². The van der Waals surface area contributed by atoms with E-state index in [1.165, 1.54) is 0 Å². The quantitative estimate of drug-likeness (QED) is 0.656. The summed E-state index contributed by atoms with van der Waals surface area (Å²) in [6.45, 7) is 4.97. The fourth-order valence-corrected chi connectivity index (χ4v) is 3.14. The van der Waals surface area contributed by atoms with E-state index in [-0.39, 0.29) is 25.2 Å². The molecule has 160 valence electrons. The van der Waals surface area contributed by atoms with Crippen molar-refractivity contribution in [2.75, 3.05) is 32.3 Å². The number of carbonyl (C=O) groups excluding carboxylic acids is 2. The highest BCUT2D eigenvalue weighted by Gasteiger charge is 2.22. The molecule has 1 aliphatic rings. The molecule has 0 saturated heterocycles. The molecule has 3 rings (SSSR count). The fourth-order valence-electron chi connectivity index (χ4n) is 3.14. The lowest BCUT2D eigenvalue weighted by Crippen LogP contribution is -2.47. The topological polar surface area (TPSA) is 89.1 Å². The molecule has 2 aromatic carbocycles. The fraction of sp³-hybridized carbons (Fsp3) is 0.364. The van der Waals surface area contributed by atoms with Crippen molar-refractivity contribution in [2.24, 2.45) is 0 Å². The van der Waals surface area contributed by atoms with E-state index >= 15 is 0 Å². The molecular formula is C22H27N3O5. The monoisotopic (exact) mass is 413 g/mol. The molecule has 0 bridgehead atoms. The second-order valence-electron chi connectivity index (χ2n) is 6.92. The summed E-state index contributed by atoms with van der Waals surface area (Å²) < 4.78 is 15.8. The highest BCUT2D eigenvalue weighted by molar-refractivity contribution is 5.93. The predicted octanol–water partition coefficient (Wildman–Crippen LogP) is 2.39. The summed E-state index contributed by atoms with van der Waals surface area (Å²) in [6, 6.07) is 12.2. The van der Waals surface area contributed by atoms with E-state index in [0.717, 1.165) is 11.3 Å². The van der Waals surface area contributed by atoms with E-state index in [1.807, 2.05) is 30.0 Å². The average Bonchev–Trinajstić information content (AvgIpc) is 3.23. The van der Waals surface area contributed by atoms with E-state index in [4.69, 9.17) is 14.2 Å². The number of ether oxygens (including phenoxy) is 3. The van der Waals surface area contributed by atoms with Gasteiger partial charge in [0.15, 0.2) is 11.5 Å². The molecule has 0 radical (unpaired) electrons. The van der Waals surface area contributed by atoms with Crippen molar-refractivity contribution in [2.45, 2.75) is 26.4 Å². The van der Waals surface area contributed by atoms with Crippen molar-refractivity contribution in [3.05, 3.63) is 48.0 Å². The van der Waals surface area contributed by atoms with Gasteiger partial charge in [0.25, 0.3) is 0 Å². The molecule has 2 aromatic rings. The van der Waals surface area contributed by atoms with Crippen LogP contribution in [0.1, 0.15) is 19.4 Å². The summed E-state index contributed by atoms with van der Waals surface area (Å²) in [5, 5.41) is 5.76. The first-order chi connectivity index (χ1) is 14.5. The Balaban J connectivity index is 1.50. The zero-order chi connectivity index (χ0) is 21.5. The van der Waals surface area contributed by atoms with Crippen LogP contribution < -0.4 is 24.8 Å². The molecule has 30 heavy (non-hydrogen) atoms. The molecule has 1 heterocycles. The molecule has 1 unspecified atom stereocenters. The minimum absolute atomic E-state index is 0.112. The molecule has 2 N–H and O–H groups in total. The van der Waals surface area contributed by atoms with Gasteiger partial charge in [-0.3, -0.25) is 14.5 Å². The molecule has 0 saturated carbocycles. The zero-order valence-electron chi connectivity index (χ0n) is 17.4. The number of likely N-dealkylation sites (N-methyl/N-ethyl adjacent to an activating group) is 1. The molecule has 1 aliphatic heterocycles. The van der Waals surface area contributed by atoms with Crippen molar-refractivity contribution >= 4 is 17.5 Å². The van der Waals surface area contributed by atoms with Gasteiger partial charge in [-0.25, -0.2) is 0 Å². The molecule has 8 heteroatoms. The number of carbonyl (C=O) groups is 2. The third-order valence-corrected chi connectivity index (χ3v) is 4.96. The van der Waals surface area contributed by atoms with Crippen LogP contribution in [-0.4, -0.2) is 49.7 Å². The Morgan fingerprint density at radius 1 is 1.13 bits per heavy atom. The number of rotatable bonds is 9. The SMILES string of the molecule is CCN(CC(=O)Nc1ccc(OC)cc1)C(C)C(=O)NCc1ccc2c(c1)OCO2. The average molecular weight is 413 g/mol. The summed E-state index contributed by atoms with van der Waals surface area (Å²) in [4.78, 5) is 26.8. The van der Waals surface area contributed by atoms with Crippen molar-refractivity contribution in [3.8, 4) is 17.2 Å². The van der Waals surface area contributed by atoms with Crippen LogP contribution in [0.3, 0.4) is 0 Å². The van der Waals surface area contributed by atoms with Crippen LogP contribution in [-0.2, 0) is 16.1 Å². The second-order valence-corrected chi connectivity index (χ2v) is 6.92. The van der Waals surface area contributed by atoms with E-state index < -0.39 is 6.04 Å². The lowest BCUT2D eigenvalue weighted by Gasteiger charge is -2.26. The molecule has 1 atom stereocenters. The Kier molecular flexibility index (Phi) is 7.13. The first-order valence-corrected chi connectivity index (χ1v) is 9.84. The van der Waals surface area contributed by atoms with Gasteiger partial charge < -0.3 is 24.8 Å². The predicted molar refractivity (Wildman–Crippen MR) is 113 cm³/mol. The summed E-state index contributed by atoms with van der Waals surface area (Å²) in [6.07, 6.45) is 0. The van der Waals surface area contributed by atoms with Gasteiger partial charge in [-0.05, 0) is 55.4 Å². The van der Waals surface area contributed by atoms with Crippen LogP contribution in [0.4, 0.5) is 5.69 Å². The summed E-state index contributed by atoms with van der Waals surface area (Å²) >= 11 is 0. The van der Waals surface area contributed by atoms with Crippen LogP contribution in [0, 0.1) is 0 Å². The minimum Gasteiger partial charge on any atom is -0.497 e. The lowest BCUT2D eigenvalue weighted by molar-refractivity contribution is -0.127. The van der Waals surface area contributed by atoms with Gasteiger partial charge in [-0.2, -0.15) is 0 Å². The van der Waals surface area contributed by atoms with Gasteiger partial charge >= 0.3 is 0 Å². The maximum Gasteiger partial charge on any atom is 0.238 e. The maximum atomic E-state index is 12.6. The standard InChI is InChI=1S/C22H27N3O5/c1-4-25(13-21(26)24-17-6-8-18(28-3)9-7-17)15(2)22(27)23-12-16-5-10-19-20(11-16)30-14-29-19/h5-11,15H,4,12-14H2,1-3H3,(H,23,27)(H,24,26). The van der Waals surface area contributed by atoms with Gasteiger partial charge in [0.2, 0.25) is 18.6 Å². The van der Waals surface area contributed by atoms with Gasteiger partial charge in [0, 0.05) is 12.2 Å². The van der Waals surface area contributed by atoms with Crippen LogP contribution in [0.5, 0.6) is 17.2 Å². The Morgan fingerprint density at radius 2 is 1.87 bits per heavy atom. The van der Waals surface area contributed by atoms with E-state index in [0.29, 0.717) is 30.3 Å². The molecule has 0 spiro atoms. The van der Waals surface area contributed by atoms with Crippen molar-refractivity contribution in [1.82, 2.24) is 10.2 Å². The minimum atomic E-state index is -0.453. The van der Waals surface area contributed by atoms with Crippen molar-refractivity contribution in [3.63, 3.8) is 0 Å². The summed E-state index contributed by atoms with van der Waals surface area (Å²) in [7, 11) is 1.59. The molecule has 0 aromatic heterocycles. The summed E-state index contributed by atoms with van der Waals surface area (Å²) in [5.74, 6) is 1.78. The van der Waals surface area contributed by atoms with Crippen molar-refractivity contribution < 1.29 is 23.8 Å². The summed E-state index contributed by atoms with van der Waals surface area (Å²) in [5.41, 5.74) is 1.59. The zero-order valence-corrected chi connectivity index (χ0v) is 17.4. The number of benzene rings is 2. The van der Waals surface area contributed by atoms with E-state index in [2.05, 4.69) is 10.6 Å². The number of methoxy groups -OCH3 is 1. The third-order valence-electron chi connectivity index (χ3n) is 4.96. The van der Waals surface area contributed by atoms with Gasteiger partial charge in [-0.15, -0.1) is 0 Å². The number of amides is 2. The number of hydrogen-bond donors (Lipinski definition) is 2. The Morgan fingerprint density at radius 3 is 2.57 bits per heavy atom. The van der Waals surface area contributed by atoms with Crippen molar-refractivity contribution in [1.29, 1.82) is 0 Å². The van der Waals surface area contributed by atoms with Crippen LogP contribution in [0.2, 0.25) is 0 Å². The Bertz CT molecular complexity index is 885. The van der Waals surface area contributed by atoms with E-state index in [1.54, 1.807) is 38.3 Å². The highest BCUT2D eigenvalue weighted by Crippen LogP contribution is 2.32. The number of nitrogens with one attached hydrogen (secondary N) is 2. The normalized spacial score (nSPS) is 13.1. The molecule has 0 fully saturated rings. The largest absolute Gasteiger partial charge is 0.497 e. The van der Waals surface area contributed by atoms with Gasteiger partial charge in [0.05, 0.1) is 19.7 Å². The second kappa shape index (κ2) is 9.98. The van der Waals surface area contributed by atoms with Crippen LogP contribution >= 0.6 is 0 Å². The van der Waals surface area contributed by atoms with Gasteiger partial charge in [-0.1, -0.05) is 13.0 Å².